The van der Waals surface area contributed by atoms with Crippen molar-refractivity contribution in [2.45, 2.75) is 19.6 Å². The lowest BCUT2D eigenvalue weighted by atomic mass is 10.2. The first kappa shape index (κ1) is 19.0. The molecule has 1 atom stereocenters. The molecule has 25 heavy (non-hydrogen) atoms. The number of esters is 1. The number of hydrogen-bond donors (Lipinski definition) is 1. The SMILES string of the molecule is C[C@@H](OC(=O)/C=C/c1ccc(Cl)cc1Cl)C(=O)NCc1ccccc1. The molecule has 6 heteroatoms. The van der Waals surface area contributed by atoms with Crippen molar-refractivity contribution in [1.82, 2.24) is 5.32 Å². The van der Waals surface area contributed by atoms with Crippen molar-refractivity contribution in [1.29, 1.82) is 0 Å². The van der Waals surface area contributed by atoms with Crippen molar-refractivity contribution in [2.24, 2.45) is 0 Å². The molecule has 0 aliphatic heterocycles. The zero-order valence-electron chi connectivity index (χ0n) is 13.5. The molecule has 4 nitrogen and oxygen atoms in total. The van der Waals surface area contributed by atoms with Gasteiger partial charge in [-0.25, -0.2) is 4.79 Å². The van der Waals surface area contributed by atoms with E-state index in [4.69, 9.17) is 27.9 Å². The van der Waals surface area contributed by atoms with Crippen LogP contribution in [0.4, 0.5) is 0 Å². The molecule has 0 aromatic heterocycles. The fourth-order valence-electron chi connectivity index (χ4n) is 1.99. The molecule has 0 unspecified atom stereocenters. The Bertz CT molecular complexity index is 775. The van der Waals surface area contributed by atoms with Crippen molar-refractivity contribution < 1.29 is 14.3 Å². The van der Waals surface area contributed by atoms with E-state index in [1.54, 1.807) is 18.2 Å². The van der Waals surface area contributed by atoms with Crippen LogP contribution in [0.25, 0.3) is 6.08 Å². The van der Waals surface area contributed by atoms with Gasteiger partial charge >= 0.3 is 5.97 Å². The van der Waals surface area contributed by atoms with Crippen LogP contribution in [0.1, 0.15) is 18.1 Å². The molecule has 0 spiro atoms. The molecule has 130 valence electrons. The molecule has 0 saturated carbocycles. The lowest BCUT2D eigenvalue weighted by molar-refractivity contribution is -0.150. The summed E-state index contributed by atoms with van der Waals surface area (Å²) in [5.74, 6) is -0.997. The summed E-state index contributed by atoms with van der Waals surface area (Å²) in [6.45, 7) is 1.89. The van der Waals surface area contributed by atoms with E-state index in [9.17, 15) is 9.59 Å². The molecule has 1 N–H and O–H groups in total. The third-order valence-electron chi connectivity index (χ3n) is 3.33. The number of halogens is 2. The van der Waals surface area contributed by atoms with Crippen molar-refractivity contribution in [3.05, 3.63) is 75.8 Å². The highest BCUT2D eigenvalue weighted by Crippen LogP contribution is 2.22. The molecular formula is C19H17Cl2NO3. The second-order valence-corrected chi connectivity index (χ2v) is 6.13. The Kier molecular flexibility index (Phi) is 7.04. The Balaban J connectivity index is 1.84. The first-order chi connectivity index (χ1) is 12.0. The van der Waals surface area contributed by atoms with Gasteiger partial charge in [0.05, 0.1) is 0 Å². The van der Waals surface area contributed by atoms with Crippen molar-refractivity contribution in [3.63, 3.8) is 0 Å². The normalized spacial score (nSPS) is 12.0. The number of rotatable bonds is 6. The van der Waals surface area contributed by atoms with Gasteiger partial charge < -0.3 is 10.1 Å². The number of benzene rings is 2. The van der Waals surface area contributed by atoms with Crippen LogP contribution >= 0.6 is 23.2 Å². The minimum atomic E-state index is -0.901. The van der Waals surface area contributed by atoms with Crippen molar-refractivity contribution in [2.75, 3.05) is 0 Å². The molecule has 0 heterocycles. The van der Waals surface area contributed by atoms with Crippen LogP contribution in [0.2, 0.25) is 10.0 Å². The van der Waals surface area contributed by atoms with Crippen LogP contribution in [-0.4, -0.2) is 18.0 Å². The molecule has 0 radical (unpaired) electrons. The molecule has 2 aromatic carbocycles. The molecular weight excluding hydrogens is 361 g/mol. The largest absolute Gasteiger partial charge is 0.449 e. The maximum absolute atomic E-state index is 12.0. The molecule has 2 aromatic rings. The monoisotopic (exact) mass is 377 g/mol. The number of ether oxygens (including phenoxy) is 1. The van der Waals surface area contributed by atoms with E-state index in [0.717, 1.165) is 5.56 Å². The van der Waals surface area contributed by atoms with Crippen LogP contribution in [-0.2, 0) is 20.9 Å². The van der Waals surface area contributed by atoms with Gasteiger partial charge in [0.1, 0.15) is 0 Å². The van der Waals surface area contributed by atoms with Gasteiger partial charge in [-0.05, 0) is 36.3 Å². The predicted octanol–water partition coefficient (Wildman–Crippen LogP) is 4.25. The molecule has 0 aliphatic carbocycles. The maximum Gasteiger partial charge on any atom is 0.331 e. The topological polar surface area (TPSA) is 55.4 Å². The van der Waals surface area contributed by atoms with Gasteiger partial charge in [-0.1, -0.05) is 59.6 Å². The third-order valence-corrected chi connectivity index (χ3v) is 3.90. The minimum Gasteiger partial charge on any atom is -0.449 e. The van der Waals surface area contributed by atoms with Crippen LogP contribution in [0.15, 0.2) is 54.6 Å². The van der Waals surface area contributed by atoms with E-state index in [0.29, 0.717) is 22.2 Å². The number of carbonyl (C=O) groups excluding carboxylic acids is 2. The lowest BCUT2D eigenvalue weighted by Gasteiger charge is -2.12. The second kappa shape index (κ2) is 9.25. The summed E-state index contributed by atoms with van der Waals surface area (Å²) in [6.07, 6.45) is 1.83. The Morgan fingerprint density at radius 1 is 1.16 bits per heavy atom. The van der Waals surface area contributed by atoms with Gasteiger partial charge in [0.15, 0.2) is 6.10 Å². The lowest BCUT2D eigenvalue weighted by Crippen LogP contribution is -2.35. The smallest absolute Gasteiger partial charge is 0.331 e. The summed E-state index contributed by atoms with van der Waals surface area (Å²) in [5, 5.41) is 3.65. The quantitative estimate of drug-likeness (QED) is 0.604. The molecule has 2 rings (SSSR count). The highest BCUT2D eigenvalue weighted by Gasteiger charge is 2.16. The van der Waals surface area contributed by atoms with Crippen LogP contribution in [0, 0.1) is 0 Å². The van der Waals surface area contributed by atoms with Crippen LogP contribution < -0.4 is 5.32 Å². The van der Waals surface area contributed by atoms with E-state index in [-0.39, 0.29) is 5.91 Å². The summed E-state index contributed by atoms with van der Waals surface area (Å²) >= 11 is 11.8. The number of carbonyl (C=O) groups is 2. The number of amides is 1. The first-order valence-electron chi connectivity index (χ1n) is 7.61. The van der Waals surface area contributed by atoms with E-state index in [2.05, 4.69) is 5.32 Å². The summed E-state index contributed by atoms with van der Waals surface area (Å²) < 4.78 is 5.08. The maximum atomic E-state index is 12.0. The Hall–Kier alpha value is -2.30. The Morgan fingerprint density at radius 2 is 1.88 bits per heavy atom. The third kappa shape index (κ3) is 6.25. The van der Waals surface area contributed by atoms with Gasteiger partial charge in [0.2, 0.25) is 0 Å². The van der Waals surface area contributed by atoms with Crippen molar-refractivity contribution in [3.8, 4) is 0 Å². The number of hydrogen-bond acceptors (Lipinski definition) is 3. The predicted molar refractivity (Wildman–Crippen MR) is 99.3 cm³/mol. The molecule has 0 fully saturated rings. The van der Waals surface area contributed by atoms with E-state index in [1.807, 2.05) is 30.3 Å². The summed E-state index contributed by atoms with van der Waals surface area (Å²) in [5.41, 5.74) is 1.59. The zero-order chi connectivity index (χ0) is 18.2. The number of nitrogens with one attached hydrogen (secondary N) is 1. The first-order valence-corrected chi connectivity index (χ1v) is 8.36. The highest BCUT2D eigenvalue weighted by molar-refractivity contribution is 6.35. The minimum absolute atomic E-state index is 0.366. The molecule has 0 saturated heterocycles. The van der Waals surface area contributed by atoms with Crippen LogP contribution in [0.3, 0.4) is 0 Å². The standard InChI is InChI=1S/C19H17Cl2NO3/c1-13(19(24)22-12-14-5-3-2-4-6-14)25-18(23)10-8-15-7-9-16(20)11-17(15)21/h2-11,13H,12H2,1H3,(H,22,24)/b10-8+/t13-/m1/s1. The van der Waals surface area contributed by atoms with Gasteiger partial charge in [-0.2, -0.15) is 0 Å². The average molecular weight is 378 g/mol. The zero-order valence-corrected chi connectivity index (χ0v) is 15.1. The summed E-state index contributed by atoms with van der Waals surface area (Å²) in [6, 6.07) is 14.4. The fourth-order valence-corrected chi connectivity index (χ4v) is 2.46. The Labute approximate surface area is 156 Å². The van der Waals surface area contributed by atoms with E-state index < -0.39 is 12.1 Å². The summed E-state index contributed by atoms with van der Waals surface area (Å²) in [4.78, 5) is 23.8. The fraction of sp³-hybridized carbons (Fsp3) is 0.158. The van der Waals surface area contributed by atoms with Crippen molar-refractivity contribution >= 4 is 41.2 Å². The van der Waals surface area contributed by atoms with Crippen LogP contribution in [0.5, 0.6) is 0 Å². The highest BCUT2D eigenvalue weighted by atomic mass is 35.5. The Morgan fingerprint density at radius 3 is 2.56 bits per heavy atom. The van der Waals surface area contributed by atoms with Gasteiger partial charge in [-0.3, -0.25) is 4.79 Å². The summed E-state index contributed by atoms with van der Waals surface area (Å²) in [7, 11) is 0. The van der Waals surface area contributed by atoms with Gasteiger partial charge in [-0.15, -0.1) is 0 Å². The molecule has 1 amide bonds. The van der Waals surface area contributed by atoms with Gasteiger partial charge in [0, 0.05) is 22.7 Å². The molecule has 0 bridgehead atoms. The van der Waals surface area contributed by atoms with Gasteiger partial charge in [0.25, 0.3) is 5.91 Å². The van der Waals surface area contributed by atoms with E-state index in [1.165, 1.54) is 19.1 Å². The van der Waals surface area contributed by atoms with E-state index >= 15 is 0 Å². The second-order valence-electron chi connectivity index (χ2n) is 5.28. The molecule has 0 aliphatic rings. The average Bonchev–Trinajstić information content (AvgIpc) is 2.59.